The zero-order chi connectivity index (χ0) is 17.2. The molecule has 130 valence electrons. The van der Waals surface area contributed by atoms with Gasteiger partial charge in [-0.05, 0) is 31.4 Å². The third kappa shape index (κ3) is 5.78. The lowest BCUT2D eigenvalue weighted by Gasteiger charge is -2.32. The number of furan rings is 1. The molecule has 8 heteroatoms. The Balaban J connectivity index is 0.000000647. The highest BCUT2D eigenvalue weighted by molar-refractivity contribution is 7.09. The second-order valence-electron chi connectivity index (χ2n) is 5.54. The lowest BCUT2D eigenvalue weighted by atomic mass is 9.98. The van der Waals surface area contributed by atoms with Crippen molar-refractivity contribution in [3.05, 3.63) is 40.7 Å². The number of carboxylic acid groups (broad SMARTS) is 1. The minimum atomic E-state index is -0.250. The van der Waals surface area contributed by atoms with Gasteiger partial charge in [0.2, 0.25) is 0 Å². The number of nitrogens with zero attached hydrogens (tertiary/aromatic N) is 2. The molecule has 1 aliphatic rings. The molecule has 24 heavy (non-hydrogen) atoms. The molecule has 1 unspecified atom stereocenters. The van der Waals surface area contributed by atoms with Gasteiger partial charge in [-0.15, -0.1) is 11.3 Å². The van der Waals surface area contributed by atoms with Crippen LogP contribution in [0.5, 0.6) is 0 Å². The minimum Gasteiger partial charge on any atom is -0.483 e. The number of hydrogen-bond acceptors (Lipinski definition) is 6. The summed E-state index contributed by atoms with van der Waals surface area (Å²) >= 11 is 1.70. The standard InChI is InChI=1S/C15H19N3O2S.CH2O2/c19-15(13-3-5-20-10-13)17-6-12-2-1-4-18(8-12)9-14-7-16-11-21-14;2-1-3/h3,5,7,10-12H,1-2,4,6,8-9H2,(H,17,19);1H,(H,2,3). The Hall–Kier alpha value is -2.19. The minimum absolute atomic E-state index is 0.0525. The first-order valence-electron chi connectivity index (χ1n) is 7.71. The molecule has 3 rings (SSSR count). The van der Waals surface area contributed by atoms with E-state index in [9.17, 15) is 4.79 Å². The molecule has 3 heterocycles. The summed E-state index contributed by atoms with van der Waals surface area (Å²) in [4.78, 5) is 28.1. The van der Waals surface area contributed by atoms with E-state index in [1.807, 2.05) is 11.7 Å². The van der Waals surface area contributed by atoms with Gasteiger partial charge in [-0.1, -0.05) is 0 Å². The number of carbonyl (C=O) groups is 2. The number of aromatic nitrogens is 1. The van der Waals surface area contributed by atoms with E-state index in [2.05, 4.69) is 15.2 Å². The third-order valence-electron chi connectivity index (χ3n) is 3.80. The van der Waals surface area contributed by atoms with Crippen molar-refractivity contribution >= 4 is 23.7 Å². The predicted molar refractivity (Wildman–Crippen MR) is 89.8 cm³/mol. The quantitative estimate of drug-likeness (QED) is 0.801. The lowest BCUT2D eigenvalue weighted by molar-refractivity contribution is -0.122. The number of thiazole rings is 1. The van der Waals surface area contributed by atoms with Crippen molar-refractivity contribution in [2.24, 2.45) is 5.92 Å². The van der Waals surface area contributed by atoms with Gasteiger partial charge >= 0.3 is 0 Å². The highest BCUT2D eigenvalue weighted by Gasteiger charge is 2.21. The van der Waals surface area contributed by atoms with Crippen LogP contribution in [0.3, 0.4) is 0 Å². The SMILES string of the molecule is O=C(NCC1CCCN(Cc2cncs2)C1)c1ccoc1.O=CO. The first-order valence-corrected chi connectivity index (χ1v) is 8.59. The molecule has 1 fully saturated rings. The van der Waals surface area contributed by atoms with E-state index in [1.54, 1.807) is 17.4 Å². The monoisotopic (exact) mass is 351 g/mol. The van der Waals surface area contributed by atoms with Gasteiger partial charge in [-0.25, -0.2) is 0 Å². The molecule has 7 nitrogen and oxygen atoms in total. The highest BCUT2D eigenvalue weighted by Crippen LogP contribution is 2.19. The Labute approximate surface area is 144 Å². The molecule has 1 amide bonds. The summed E-state index contributed by atoms with van der Waals surface area (Å²) in [7, 11) is 0. The molecule has 1 saturated heterocycles. The van der Waals surface area contributed by atoms with Gasteiger partial charge in [0.15, 0.2) is 0 Å². The second kappa shape index (κ2) is 9.84. The van der Waals surface area contributed by atoms with Crippen molar-refractivity contribution in [2.75, 3.05) is 19.6 Å². The van der Waals surface area contributed by atoms with Crippen LogP contribution in [0, 0.1) is 5.92 Å². The molecule has 2 aromatic rings. The van der Waals surface area contributed by atoms with E-state index in [0.29, 0.717) is 11.5 Å². The summed E-state index contributed by atoms with van der Waals surface area (Å²) in [5.74, 6) is 0.464. The smallest absolute Gasteiger partial charge is 0.290 e. The van der Waals surface area contributed by atoms with Gasteiger partial charge in [0, 0.05) is 30.7 Å². The molecule has 1 aliphatic heterocycles. The van der Waals surface area contributed by atoms with Gasteiger partial charge in [0.1, 0.15) is 6.26 Å². The van der Waals surface area contributed by atoms with Crippen LogP contribution in [-0.4, -0.2) is 47.0 Å². The number of nitrogens with one attached hydrogen (secondary N) is 1. The van der Waals surface area contributed by atoms with Crippen molar-refractivity contribution in [3.8, 4) is 0 Å². The first-order chi connectivity index (χ1) is 11.7. The molecular formula is C16H21N3O4S. The normalized spacial score (nSPS) is 17.6. The molecule has 0 saturated carbocycles. The first kappa shape index (κ1) is 18.2. The number of piperidine rings is 1. The van der Waals surface area contributed by atoms with E-state index in [0.717, 1.165) is 26.2 Å². The average molecular weight is 351 g/mol. The molecule has 0 bridgehead atoms. The van der Waals surface area contributed by atoms with Crippen LogP contribution in [0.25, 0.3) is 0 Å². The van der Waals surface area contributed by atoms with E-state index in [1.165, 1.54) is 30.2 Å². The largest absolute Gasteiger partial charge is 0.483 e. The predicted octanol–water partition coefficient (Wildman–Crippen LogP) is 2.08. The number of amides is 1. The van der Waals surface area contributed by atoms with Gasteiger partial charge in [0.25, 0.3) is 12.4 Å². The third-order valence-corrected chi connectivity index (χ3v) is 4.57. The maximum Gasteiger partial charge on any atom is 0.290 e. The van der Waals surface area contributed by atoms with Crippen molar-refractivity contribution in [3.63, 3.8) is 0 Å². The summed E-state index contributed by atoms with van der Waals surface area (Å²) in [5, 5.41) is 9.89. The number of rotatable bonds is 5. The van der Waals surface area contributed by atoms with Crippen molar-refractivity contribution in [2.45, 2.75) is 19.4 Å². The van der Waals surface area contributed by atoms with E-state index < -0.39 is 0 Å². The fraction of sp³-hybridized carbons (Fsp3) is 0.438. The van der Waals surface area contributed by atoms with Crippen LogP contribution in [0.2, 0.25) is 0 Å². The van der Waals surface area contributed by atoms with Crippen molar-refractivity contribution < 1.29 is 19.1 Å². The Morgan fingerprint density at radius 2 is 2.42 bits per heavy atom. The molecule has 1 atom stereocenters. The van der Waals surface area contributed by atoms with Crippen molar-refractivity contribution in [1.29, 1.82) is 0 Å². The molecule has 0 aromatic carbocycles. The molecular weight excluding hydrogens is 330 g/mol. The highest BCUT2D eigenvalue weighted by atomic mass is 32.1. The molecule has 0 aliphatic carbocycles. The summed E-state index contributed by atoms with van der Waals surface area (Å²) in [5.41, 5.74) is 2.47. The maximum absolute atomic E-state index is 11.9. The Morgan fingerprint density at radius 1 is 1.58 bits per heavy atom. The fourth-order valence-electron chi connectivity index (χ4n) is 2.73. The lowest BCUT2D eigenvalue weighted by Crippen LogP contribution is -2.40. The summed E-state index contributed by atoms with van der Waals surface area (Å²) in [6, 6.07) is 1.69. The number of likely N-dealkylation sites (tertiary alicyclic amines) is 1. The van der Waals surface area contributed by atoms with E-state index >= 15 is 0 Å². The Morgan fingerprint density at radius 3 is 3.08 bits per heavy atom. The van der Waals surface area contributed by atoms with Gasteiger partial charge in [-0.3, -0.25) is 19.5 Å². The number of carbonyl (C=O) groups excluding carboxylic acids is 1. The molecule has 2 aromatic heterocycles. The number of hydrogen-bond donors (Lipinski definition) is 2. The van der Waals surface area contributed by atoms with Crippen LogP contribution in [0.15, 0.2) is 34.7 Å². The zero-order valence-electron chi connectivity index (χ0n) is 13.3. The maximum atomic E-state index is 11.9. The van der Waals surface area contributed by atoms with Crippen LogP contribution in [0.4, 0.5) is 0 Å². The van der Waals surface area contributed by atoms with Crippen LogP contribution in [0.1, 0.15) is 28.1 Å². The van der Waals surface area contributed by atoms with Crippen LogP contribution >= 0.6 is 11.3 Å². The van der Waals surface area contributed by atoms with E-state index in [-0.39, 0.29) is 12.4 Å². The zero-order valence-corrected chi connectivity index (χ0v) is 14.1. The summed E-state index contributed by atoms with van der Waals surface area (Å²) in [6.45, 7) is 3.60. The molecule has 0 radical (unpaired) electrons. The van der Waals surface area contributed by atoms with Gasteiger partial charge in [-0.2, -0.15) is 0 Å². The van der Waals surface area contributed by atoms with Crippen molar-refractivity contribution in [1.82, 2.24) is 15.2 Å². The average Bonchev–Trinajstić information content (AvgIpc) is 3.27. The fourth-order valence-corrected chi connectivity index (χ4v) is 3.37. The Bertz CT molecular complexity index is 601. The summed E-state index contributed by atoms with van der Waals surface area (Å²) in [6.07, 6.45) is 7.30. The topological polar surface area (TPSA) is 95.7 Å². The Kier molecular flexibility index (Phi) is 7.44. The van der Waals surface area contributed by atoms with Crippen LogP contribution < -0.4 is 5.32 Å². The molecule has 2 N–H and O–H groups in total. The second-order valence-corrected chi connectivity index (χ2v) is 6.51. The van der Waals surface area contributed by atoms with Crippen LogP contribution in [-0.2, 0) is 11.3 Å². The van der Waals surface area contributed by atoms with E-state index in [4.69, 9.17) is 14.3 Å². The molecule has 0 spiro atoms. The van der Waals surface area contributed by atoms with Gasteiger partial charge < -0.3 is 14.8 Å². The summed E-state index contributed by atoms with van der Waals surface area (Å²) < 4.78 is 4.93. The van der Waals surface area contributed by atoms with Gasteiger partial charge in [0.05, 0.1) is 17.3 Å².